The van der Waals surface area contributed by atoms with Gasteiger partial charge in [-0.25, -0.2) is 0 Å². The molecule has 1 atom stereocenters. The summed E-state index contributed by atoms with van der Waals surface area (Å²) in [5.74, 6) is 1.98. The SMILES string of the molecule is CCNC(CC)c1nnc(-c2ccc(OC)cc2)o1. The molecular formula is C14H19N3O2. The van der Waals surface area contributed by atoms with Gasteiger partial charge in [0, 0.05) is 5.56 Å². The van der Waals surface area contributed by atoms with Gasteiger partial charge in [-0.2, -0.15) is 0 Å². The molecule has 0 saturated heterocycles. The van der Waals surface area contributed by atoms with Gasteiger partial charge in [-0.15, -0.1) is 10.2 Å². The predicted molar refractivity (Wildman–Crippen MR) is 73.0 cm³/mol. The van der Waals surface area contributed by atoms with Crippen LogP contribution in [0.1, 0.15) is 32.2 Å². The molecule has 0 bridgehead atoms. The summed E-state index contributed by atoms with van der Waals surface area (Å²) in [5.41, 5.74) is 0.894. The summed E-state index contributed by atoms with van der Waals surface area (Å²) in [6, 6.07) is 7.68. The molecule has 0 spiro atoms. The van der Waals surface area contributed by atoms with E-state index in [1.807, 2.05) is 24.3 Å². The maximum atomic E-state index is 5.72. The lowest BCUT2D eigenvalue weighted by molar-refractivity contribution is 0.401. The van der Waals surface area contributed by atoms with Crippen molar-refractivity contribution >= 4 is 0 Å². The third kappa shape index (κ3) is 3.12. The van der Waals surface area contributed by atoms with E-state index in [1.165, 1.54) is 0 Å². The fourth-order valence-electron chi connectivity index (χ4n) is 1.88. The van der Waals surface area contributed by atoms with Crippen molar-refractivity contribution in [2.45, 2.75) is 26.3 Å². The molecule has 0 saturated carbocycles. The molecular weight excluding hydrogens is 242 g/mol. The van der Waals surface area contributed by atoms with E-state index in [4.69, 9.17) is 9.15 Å². The molecule has 1 heterocycles. The predicted octanol–water partition coefficient (Wildman–Crippen LogP) is 2.81. The van der Waals surface area contributed by atoms with E-state index in [9.17, 15) is 0 Å². The maximum Gasteiger partial charge on any atom is 0.247 e. The van der Waals surface area contributed by atoms with Gasteiger partial charge >= 0.3 is 0 Å². The third-order valence-electron chi connectivity index (χ3n) is 2.93. The van der Waals surface area contributed by atoms with E-state index < -0.39 is 0 Å². The van der Waals surface area contributed by atoms with Crippen LogP contribution in [-0.2, 0) is 0 Å². The number of nitrogens with one attached hydrogen (secondary N) is 1. The molecule has 0 radical (unpaired) electrons. The Bertz CT molecular complexity index is 508. The normalized spacial score (nSPS) is 12.4. The minimum absolute atomic E-state index is 0.115. The van der Waals surface area contributed by atoms with Crippen molar-refractivity contribution in [2.75, 3.05) is 13.7 Å². The van der Waals surface area contributed by atoms with Crippen LogP contribution in [0.15, 0.2) is 28.7 Å². The van der Waals surface area contributed by atoms with E-state index in [-0.39, 0.29) is 6.04 Å². The van der Waals surface area contributed by atoms with Crippen molar-refractivity contribution < 1.29 is 9.15 Å². The Hall–Kier alpha value is -1.88. The zero-order valence-electron chi connectivity index (χ0n) is 11.5. The Morgan fingerprint density at radius 1 is 1.21 bits per heavy atom. The van der Waals surface area contributed by atoms with Crippen molar-refractivity contribution in [1.29, 1.82) is 0 Å². The van der Waals surface area contributed by atoms with Gasteiger partial charge < -0.3 is 14.5 Å². The summed E-state index contributed by atoms with van der Waals surface area (Å²) in [6.07, 6.45) is 0.915. The van der Waals surface area contributed by atoms with Gasteiger partial charge in [0.1, 0.15) is 5.75 Å². The summed E-state index contributed by atoms with van der Waals surface area (Å²) in [5, 5.41) is 11.5. The third-order valence-corrected chi connectivity index (χ3v) is 2.93. The van der Waals surface area contributed by atoms with Crippen molar-refractivity contribution in [3.63, 3.8) is 0 Å². The van der Waals surface area contributed by atoms with Gasteiger partial charge in [0.15, 0.2) is 0 Å². The van der Waals surface area contributed by atoms with Gasteiger partial charge in [0.2, 0.25) is 11.8 Å². The van der Waals surface area contributed by atoms with Crippen molar-refractivity contribution in [1.82, 2.24) is 15.5 Å². The van der Waals surface area contributed by atoms with Crippen LogP contribution in [0.3, 0.4) is 0 Å². The number of rotatable bonds is 6. The first-order valence-electron chi connectivity index (χ1n) is 6.49. The fourth-order valence-corrected chi connectivity index (χ4v) is 1.88. The number of aromatic nitrogens is 2. The van der Waals surface area contributed by atoms with Gasteiger partial charge in [-0.05, 0) is 37.2 Å². The van der Waals surface area contributed by atoms with Crippen LogP contribution in [0, 0.1) is 0 Å². The molecule has 5 nitrogen and oxygen atoms in total. The highest BCUT2D eigenvalue weighted by atomic mass is 16.5. The van der Waals surface area contributed by atoms with Crippen molar-refractivity contribution in [3.05, 3.63) is 30.2 Å². The van der Waals surface area contributed by atoms with E-state index >= 15 is 0 Å². The van der Waals surface area contributed by atoms with Gasteiger partial charge in [-0.1, -0.05) is 13.8 Å². The molecule has 1 N–H and O–H groups in total. The second kappa shape index (κ2) is 6.33. The van der Waals surface area contributed by atoms with Crippen LogP contribution in [0.25, 0.3) is 11.5 Å². The minimum atomic E-state index is 0.115. The highest BCUT2D eigenvalue weighted by molar-refractivity contribution is 5.53. The molecule has 1 aromatic heterocycles. The molecule has 19 heavy (non-hydrogen) atoms. The largest absolute Gasteiger partial charge is 0.497 e. The topological polar surface area (TPSA) is 60.2 Å². The fraction of sp³-hybridized carbons (Fsp3) is 0.429. The molecule has 5 heteroatoms. The smallest absolute Gasteiger partial charge is 0.247 e. The quantitative estimate of drug-likeness (QED) is 0.866. The maximum absolute atomic E-state index is 5.72. The first kappa shape index (κ1) is 13.5. The average molecular weight is 261 g/mol. The van der Waals surface area contributed by atoms with Crippen molar-refractivity contribution in [3.8, 4) is 17.2 Å². The molecule has 102 valence electrons. The Morgan fingerprint density at radius 2 is 1.95 bits per heavy atom. The van der Waals surface area contributed by atoms with Gasteiger partial charge in [0.05, 0.1) is 13.2 Å². The highest BCUT2D eigenvalue weighted by Gasteiger charge is 2.16. The summed E-state index contributed by atoms with van der Waals surface area (Å²) >= 11 is 0. The lowest BCUT2D eigenvalue weighted by Crippen LogP contribution is -2.20. The summed E-state index contributed by atoms with van der Waals surface area (Å²) in [7, 11) is 1.64. The molecule has 0 amide bonds. The number of hydrogen-bond donors (Lipinski definition) is 1. The van der Waals surface area contributed by atoms with Crippen LogP contribution in [0.4, 0.5) is 0 Å². The van der Waals surface area contributed by atoms with Crippen LogP contribution in [0.5, 0.6) is 5.75 Å². The summed E-state index contributed by atoms with van der Waals surface area (Å²) in [6.45, 7) is 5.02. The molecule has 0 fully saturated rings. The van der Waals surface area contributed by atoms with Crippen LogP contribution < -0.4 is 10.1 Å². The van der Waals surface area contributed by atoms with E-state index in [0.29, 0.717) is 11.8 Å². The average Bonchev–Trinajstić information content (AvgIpc) is 2.94. The molecule has 1 unspecified atom stereocenters. The van der Waals surface area contributed by atoms with Crippen LogP contribution >= 0.6 is 0 Å². The zero-order valence-corrected chi connectivity index (χ0v) is 11.5. The number of nitrogens with zero attached hydrogens (tertiary/aromatic N) is 2. The molecule has 2 rings (SSSR count). The number of benzene rings is 1. The minimum Gasteiger partial charge on any atom is -0.497 e. The van der Waals surface area contributed by atoms with E-state index in [1.54, 1.807) is 7.11 Å². The van der Waals surface area contributed by atoms with Gasteiger partial charge in [0.25, 0.3) is 0 Å². The Balaban J connectivity index is 2.19. The molecule has 0 aliphatic heterocycles. The molecule has 0 aliphatic rings. The Kier molecular flexibility index (Phi) is 4.52. The van der Waals surface area contributed by atoms with Crippen molar-refractivity contribution in [2.24, 2.45) is 0 Å². The Labute approximate surface area is 113 Å². The van der Waals surface area contributed by atoms with Gasteiger partial charge in [-0.3, -0.25) is 0 Å². The second-order valence-electron chi connectivity index (χ2n) is 4.19. The lowest BCUT2D eigenvalue weighted by atomic mass is 10.2. The molecule has 0 aliphatic carbocycles. The summed E-state index contributed by atoms with van der Waals surface area (Å²) < 4.78 is 10.8. The van der Waals surface area contributed by atoms with Crippen LogP contribution in [-0.4, -0.2) is 23.9 Å². The first-order valence-corrected chi connectivity index (χ1v) is 6.49. The monoisotopic (exact) mass is 261 g/mol. The van der Waals surface area contributed by atoms with E-state index in [0.717, 1.165) is 24.3 Å². The van der Waals surface area contributed by atoms with E-state index in [2.05, 4.69) is 29.4 Å². The first-order chi connectivity index (χ1) is 9.28. The zero-order chi connectivity index (χ0) is 13.7. The van der Waals surface area contributed by atoms with Crippen LogP contribution in [0.2, 0.25) is 0 Å². The second-order valence-corrected chi connectivity index (χ2v) is 4.19. The standard InChI is InChI=1S/C14H19N3O2/c1-4-12(15-5-2)14-17-16-13(19-14)10-6-8-11(18-3)9-7-10/h6-9,12,15H,4-5H2,1-3H3. The molecule has 2 aromatic rings. The number of hydrogen-bond acceptors (Lipinski definition) is 5. The molecule has 1 aromatic carbocycles. The number of methoxy groups -OCH3 is 1. The number of ether oxygens (including phenoxy) is 1. The Morgan fingerprint density at radius 3 is 2.53 bits per heavy atom. The lowest BCUT2D eigenvalue weighted by Gasteiger charge is -2.10. The summed E-state index contributed by atoms with van der Waals surface area (Å²) in [4.78, 5) is 0. The highest BCUT2D eigenvalue weighted by Crippen LogP contribution is 2.23.